The largest absolute Gasteiger partial charge is 0.389 e. The third-order valence-corrected chi connectivity index (χ3v) is 3.07. The second-order valence-electron chi connectivity index (χ2n) is 4.96. The number of nitrogens with two attached hydrogens (primary N) is 1. The molecule has 0 bridgehead atoms. The van der Waals surface area contributed by atoms with Crippen molar-refractivity contribution in [2.24, 2.45) is 11.7 Å². The van der Waals surface area contributed by atoms with Crippen molar-refractivity contribution in [3.63, 3.8) is 0 Å². The van der Waals surface area contributed by atoms with Crippen LogP contribution in [0.5, 0.6) is 0 Å². The third-order valence-electron chi connectivity index (χ3n) is 3.07. The molecule has 0 saturated heterocycles. The summed E-state index contributed by atoms with van der Waals surface area (Å²) in [6.07, 6.45) is 1.97. The van der Waals surface area contributed by atoms with E-state index >= 15 is 0 Å². The van der Waals surface area contributed by atoms with Crippen molar-refractivity contribution in [3.8, 4) is 0 Å². The second kappa shape index (κ2) is 6.54. The first-order chi connectivity index (χ1) is 9.15. The summed E-state index contributed by atoms with van der Waals surface area (Å²) in [4.78, 5) is 10.9. The Kier molecular flexibility index (Phi) is 4.76. The average molecular weight is 264 g/mol. The van der Waals surface area contributed by atoms with E-state index in [1.54, 1.807) is 24.3 Å². The maximum absolute atomic E-state index is 10.9. The van der Waals surface area contributed by atoms with Crippen LogP contribution in [0.2, 0.25) is 0 Å². The molecule has 1 amide bonds. The van der Waals surface area contributed by atoms with Gasteiger partial charge in [0.25, 0.3) is 0 Å². The highest BCUT2D eigenvalue weighted by Crippen LogP contribution is 2.28. The number of primary amides is 1. The molecule has 1 unspecified atom stereocenters. The van der Waals surface area contributed by atoms with E-state index in [1.807, 2.05) is 0 Å². The highest BCUT2D eigenvalue weighted by Gasteiger charge is 2.21. The van der Waals surface area contributed by atoms with Crippen molar-refractivity contribution in [3.05, 3.63) is 29.8 Å². The van der Waals surface area contributed by atoms with E-state index in [9.17, 15) is 9.90 Å². The number of aliphatic hydroxyl groups is 1. The molecule has 1 aromatic carbocycles. The molecule has 1 atom stereocenters. The first-order valence-corrected chi connectivity index (χ1v) is 6.54. The molecule has 0 aromatic heterocycles. The van der Waals surface area contributed by atoms with Gasteiger partial charge in [-0.1, -0.05) is 0 Å². The Morgan fingerprint density at radius 1 is 1.42 bits per heavy atom. The minimum Gasteiger partial charge on any atom is -0.389 e. The summed E-state index contributed by atoms with van der Waals surface area (Å²) in [5.41, 5.74) is 6.46. The van der Waals surface area contributed by atoms with E-state index in [4.69, 9.17) is 10.5 Å². The summed E-state index contributed by atoms with van der Waals surface area (Å²) in [5.74, 6) is 0.265. The molecule has 2 rings (SSSR count). The molecule has 1 aromatic rings. The van der Waals surface area contributed by atoms with E-state index in [2.05, 4.69) is 5.32 Å². The number of amides is 1. The Labute approximate surface area is 112 Å². The lowest BCUT2D eigenvalue weighted by Gasteiger charge is -2.13. The minimum absolute atomic E-state index is 0.350. The number of hydrogen-bond donors (Lipinski definition) is 3. The second-order valence-corrected chi connectivity index (χ2v) is 4.96. The first-order valence-electron chi connectivity index (χ1n) is 6.54. The normalized spacial score (nSPS) is 16.1. The van der Waals surface area contributed by atoms with Gasteiger partial charge in [-0.2, -0.15) is 0 Å². The van der Waals surface area contributed by atoms with Gasteiger partial charge in [0.15, 0.2) is 0 Å². The number of hydrogen-bond acceptors (Lipinski definition) is 4. The van der Waals surface area contributed by atoms with Crippen molar-refractivity contribution >= 4 is 11.6 Å². The van der Waals surface area contributed by atoms with E-state index in [-0.39, 0.29) is 0 Å². The molecule has 0 heterocycles. The molecule has 4 N–H and O–H groups in total. The number of benzene rings is 1. The molecule has 0 aliphatic heterocycles. The Morgan fingerprint density at radius 2 is 2.11 bits per heavy atom. The predicted molar refractivity (Wildman–Crippen MR) is 73.0 cm³/mol. The zero-order valence-electron chi connectivity index (χ0n) is 10.8. The lowest BCUT2D eigenvalue weighted by atomic mass is 10.2. The first kappa shape index (κ1) is 13.8. The van der Waals surface area contributed by atoms with Crippen LogP contribution in [-0.4, -0.2) is 36.9 Å². The zero-order chi connectivity index (χ0) is 13.7. The number of aliphatic hydroxyl groups excluding tert-OH is 1. The van der Waals surface area contributed by atoms with Crippen LogP contribution in [0.4, 0.5) is 5.69 Å². The van der Waals surface area contributed by atoms with Gasteiger partial charge in [0.2, 0.25) is 5.91 Å². The van der Waals surface area contributed by atoms with Gasteiger partial charge in [-0.05, 0) is 43.0 Å². The van der Waals surface area contributed by atoms with Crippen LogP contribution in [0, 0.1) is 5.92 Å². The van der Waals surface area contributed by atoms with Crippen molar-refractivity contribution in [2.75, 3.05) is 25.1 Å². The Hall–Kier alpha value is -1.59. The number of rotatable bonds is 8. The van der Waals surface area contributed by atoms with Crippen molar-refractivity contribution < 1.29 is 14.6 Å². The molecule has 1 aliphatic rings. The molecular weight excluding hydrogens is 244 g/mol. The van der Waals surface area contributed by atoms with E-state index in [1.165, 1.54) is 12.8 Å². The zero-order valence-corrected chi connectivity index (χ0v) is 10.8. The lowest BCUT2D eigenvalue weighted by molar-refractivity contribution is 0.0386. The number of carbonyl (C=O) groups is 1. The van der Waals surface area contributed by atoms with Gasteiger partial charge >= 0.3 is 0 Å². The molecule has 1 saturated carbocycles. The molecule has 5 nitrogen and oxygen atoms in total. The molecule has 19 heavy (non-hydrogen) atoms. The van der Waals surface area contributed by atoms with Gasteiger partial charge in [-0.3, -0.25) is 4.79 Å². The number of anilines is 1. The fraction of sp³-hybridized carbons (Fsp3) is 0.500. The van der Waals surface area contributed by atoms with E-state index in [0.717, 1.165) is 12.3 Å². The van der Waals surface area contributed by atoms with E-state index in [0.29, 0.717) is 24.6 Å². The third kappa shape index (κ3) is 4.89. The molecule has 0 radical (unpaired) electrons. The summed E-state index contributed by atoms with van der Waals surface area (Å²) in [7, 11) is 0. The van der Waals surface area contributed by atoms with Crippen LogP contribution < -0.4 is 11.1 Å². The Balaban J connectivity index is 1.66. The van der Waals surface area contributed by atoms with Gasteiger partial charge in [0, 0.05) is 24.4 Å². The Morgan fingerprint density at radius 3 is 2.68 bits per heavy atom. The van der Waals surface area contributed by atoms with Gasteiger partial charge in [-0.25, -0.2) is 0 Å². The molecule has 1 fully saturated rings. The highest BCUT2D eigenvalue weighted by molar-refractivity contribution is 5.93. The Bertz CT molecular complexity index is 415. The predicted octanol–water partition coefficient (Wildman–Crippen LogP) is 0.985. The fourth-order valence-corrected chi connectivity index (χ4v) is 1.70. The minimum atomic E-state index is -0.533. The van der Waals surface area contributed by atoms with Crippen LogP contribution in [0.25, 0.3) is 0 Å². The molecular formula is C14H20N2O3. The fourth-order valence-electron chi connectivity index (χ4n) is 1.70. The van der Waals surface area contributed by atoms with E-state index < -0.39 is 12.0 Å². The maximum Gasteiger partial charge on any atom is 0.248 e. The summed E-state index contributed by atoms with van der Waals surface area (Å²) in [6.45, 7) is 1.52. The summed E-state index contributed by atoms with van der Waals surface area (Å²) in [6, 6.07) is 6.83. The van der Waals surface area contributed by atoms with Crippen LogP contribution in [0.3, 0.4) is 0 Å². The quantitative estimate of drug-likeness (QED) is 0.653. The standard InChI is InChI=1S/C14H20N2O3/c15-14(18)11-3-5-12(6-4-11)16-7-13(17)9-19-8-10-1-2-10/h3-6,10,13,16-17H,1-2,7-9H2,(H2,15,18). The maximum atomic E-state index is 10.9. The van der Waals surface area contributed by atoms with Gasteiger partial charge < -0.3 is 20.9 Å². The number of ether oxygens (including phenoxy) is 1. The highest BCUT2D eigenvalue weighted by atomic mass is 16.5. The molecule has 5 heteroatoms. The van der Waals surface area contributed by atoms with Crippen LogP contribution in [0.15, 0.2) is 24.3 Å². The summed E-state index contributed by atoms with van der Waals surface area (Å²) in [5, 5.41) is 12.8. The average Bonchev–Trinajstić information content (AvgIpc) is 3.21. The summed E-state index contributed by atoms with van der Waals surface area (Å²) < 4.78 is 5.41. The van der Waals surface area contributed by atoms with Crippen LogP contribution in [0.1, 0.15) is 23.2 Å². The van der Waals surface area contributed by atoms with Crippen molar-refractivity contribution in [2.45, 2.75) is 18.9 Å². The van der Waals surface area contributed by atoms with Crippen molar-refractivity contribution in [1.82, 2.24) is 0 Å². The number of nitrogens with one attached hydrogen (secondary N) is 1. The smallest absolute Gasteiger partial charge is 0.248 e. The van der Waals surface area contributed by atoms with Gasteiger partial charge in [0.05, 0.1) is 12.7 Å². The van der Waals surface area contributed by atoms with Crippen LogP contribution in [-0.2, 0) is 4.74 Å². The van der Waals surface area contributed by atoms with Gasteiger partial charge in [0.1, 0.15) is 0 Å². The van der Waals surface area contributed by atoms with Crippen LogP contribution >= 0.6 is 0 Å². The molecule has 1 aliphatic carbocycles. The van der Waals surface area contributed by atoms with Gasteiger partial charge in [-0.15, -0.1) is 0 Å². The monoisotopic (exact) mass is 264 g/mol. The summed E-state index contributed by atoms with van der Waals surface area (Å²) >= 11 is 0. The van der Waals surface area contributed by atoms with Crippen molar-refractivity contribution in [1.29, 1.82) is 0 Å². The topological polar surface area (TPSA) is 84.6 Å². The molecule has 104 valence electrons. The molecule has 0 spiro atoms. The SMILES string of the molecule is NC(=O)c1ccc(NCC(O)COCC2CC2)cc1. The lowest BCUT2D eigenvalue weighted by Crippen LogP contribution is -2.25. The number of carbonyl (C=O) groups excluding carboxylic acids is 1.